The lowest BCUT2D eigenvalue weighted by Gasteiger charge is -2.12. The third kappa shape index (κ3) is 4.20. The van der Waals surface area contributed by atoms with Crippen molar-refractivity contribution in [2.24, 2.45) is 0 Å². The van der Waals surface area contributed by atoms with Gasteiger partial charge < -0.3 is 9.73 Å². The SMILES string of the molecule is O=C(NCCN1C(=O)S/C(=C\c2ccccc2Cl)C1=O)c1ccc(Br)o1. The molecule has 1 fully saturated rings. The number of amides is 3. The highest BCUT2D eigenvalue weighted by molar-refractivity contribution is 9.10. The van der Waals surface area contributed by atoms with E-state index in [0.717, 1.165) is 16.7 Å². The molecule has 0 atom stereocenters. The van der Waals surface area contributed by atoms with Crippen LogP contribution in [0.15, 0.2) is 50.4 Å². The predicted octanol–water partition coefficient (Wildman–Crippen LogP) is 4.16. The van der Waals surface area contributed by atoms with Crippen LogP contribution in [0.3, 0.4) is 0 Å². The lowest BCUT2D eigenvalue weighted by atomic mass is 10.2. The van der Waals surface area contributed by atoms with Gasteiger partial charge in [-0.1, -0.05) is 29.8 Å². The predicted molar refractivity (Wildman–Crippen MR) is 103 cm³/mol. The number of benzene rings is 1. The van der Waals surface area contributed by atoms with Gasteiger partial charge in [0.2, 0.25) is 0 Å². The van der Waals surface area contributed by atoms with Crippen molar-refractivity contribution in [1.82, 2.24) is 10.2 Å². The molecular formula is C17H12BrClN2O4S. The van der Waals surface area contributed by atoms with E-state index < -0.39 is 11.8 Å². The van der Waals surface area contributed by atoms with E-state index >= 15 is 0 Å². The minimum atomic E-state index is -0.422. The molecule has 1 aliphatic rings. The van der Waals surface area contributed by atoms with E-state index in [1.54, 1.807) is 36.4 Å². The maximum atomic E-state index is 12.4. The molecule has 1 N–H and O–H groups in total. The van der Waals surface area contributed by atoms with Crippen LogP contribution in [0.1, 0.15) is 16.1 Å². The quantitative estimate of drug-likeness (QED) is 0.685. The Morgan fingerprint density at radius 1 is 1.27 bits per heavy atom. The largest absolute Gasteiger partial charge is 0.444 e. The van der Waals surface area contributed by atoms with Crippen LogP contribution >= 0.6 is 39.3 Å². The number of carbonyl (C=O) groups is 3. The second-order valence-corrected chi connectivity index (χ2v) is 7.40. The molecular weight excluding hydrogens is 444 g/mol. The molecule has 1 aromatic heterocycles. The number of carbonyl (C=O) groups excluding carboxylic acids is 3. The van der Waals surface area contributed by atoms with E-state index in [2.05, 4.69) is 21.2 Å². The Bertz CT molecular complexity index is 912. The fourth-order valence-corrected chi connectivity index (χ4v) is 3.58. The Balaban J connectivity index is 1.61. The van der Waals surface area contributed by atoms with E-state index in [4.69, 9.17) is 16.0 Å². The van der Waals surface area contributed by atoms with Crippen molar-refractivity contribution < 1.29 is 18.8 Å². The van der Waals surface area contributed by atoms with Gasteiger partial charge >= 0.3 is 0 Å². The van der Waals surface area contributed by atoms with Crippen molar-refractivity contribution >= 4 is 62.4 Å². The highest BCUT2D eigenvalue weighted by Gasteiger charge is 2.34. The van der Waals surface area contributed by atoms with Gasteiger partial charge in [-0.2, -0.15) is 0 Å². The van der Waals surface area contributed by atoms with E-state index in [-0.39, 0.29) is 24.1 Å². The summed E-state index contributed by atoms with van der Waals surface area (Å²) < 4.78 is 5.58. The summed E-state index contributed by atoms with van der Waals surface area (Å²) in [5.74, 6) is -0.686. The van der Waals surface area contributed by atoms with Gasteiger partial charge in [-0.25, -0.2) is 0 Å². The zero-order valence-corrected chi connectivity index (χ0v) is 16.4. The Kier molecular flexibility index (Phi) is 5.85. The average molecular weight is 456 g/mol. The first-order valence-electron chi connectivity index (χ1n) is 7.49. The normalized spacial score (nSPS) is 15.8. The highest BCUT2D eigenvalue weighted by Crippen LogP contribution is 2.33. The number of nitrogens with zero attached hydrogens (tertiary/aromatic N) is 1. The summed E-state index contributed by atoms with van der Waals surface area (Å²) >= 11 is 10.0. The molecule has 1 saturated heterocycles. The summed E-state index contributed by atoms with van der Waals surface area (Å²) in [7, 11) is 0. The number of furan rings is 1. The number of thioether (sulfide) groups is 1. The van der Waals surface area contributed by atoms with Crippen LogP contribution in [0.4, 0.5) is 4.79 Å². The molecule has 2 heterocycles. The zero-order chi connectivity index (χ0) is 18.7. The molecule has 0 bridgehead atoms. The van der Waals surface area contributed by atoms with Crippen LogP contribution in [0, 0.1) is 0 Å². The van der Waals surface area contributed by atoms with Gasteiger partial charge in [-0.15, -0.1) is 0 Å². The molecule has 3 rings (SSSR count). The van der Waals surface area contributed by atoms with E-state index in [9.17, 15) is 14.4 Å². The number of halogens is 2. The highest BCUT2D eigenvalue weighted by atomic mass is 79.9. The molecule has 0 unspecified atom stereocenters. The van der Waals surface area contributed by atoms with E-state index in [1.807, 2.05) is 0 Å². The molecule has 3 amide bonds. The third-order valence-electron chi connectivity index (χ3n) is 3.48. The molecule has 0 aliphatic carbocycles. The van der Waals surface area contributed by atoms with Crippen LogP contribution in [-0.2, 0) is 4.79 Å². The second-order valence-electron chi connectivity index (χ2n) is 5.21. The van der Waals surface area contributed by atoms with Crippen LogP contribution in [0.2, 0.25) is 5.02 Å². The molecule has 0 radical (unpaired) electrons. The number of imide groups is 1. The fourth-order valence-electron chi connectivity index (χ4n) is 2.23. The molecule has 1 aromatic carbocycles. The molecule has 9 heteroatoms. The van der Waals surface area contributed by atoms with Gasteiger partial charge in [-0.05, 0) is 57.5 Å². The molecule has 6 nitrogen and oxygen atoms in total. The first-order chi connectivity index (χ1) is 12.5. The standard InChI is InChI=1S/C17H12BrClN2O4S/c18-14-6-5-12(25-14)15(22)20-7-8-21-16(23)13(26-17(21)24)9-10-3-1-2-4-11(10)19/h1-6,9H,7-8H2,(H,20,22)/b13-9-. The maximum absolute atomic E-state index is 12.4. The van der Waals surface area contributed by atoms with Crippen molar-refractivity contribution in [1.29, 1.82) is 0 Å². The zero-order valence-electron chi connectivity index (χ0n) is 13.2. The molecule has 0 saturated carbocycles. The van der Waals surface area contributed by atoms with Gasteiger partial charge in [0.25, 0.3) is 17.1 Å². The summed E-state index contributed by atoms with van der Waals surface area (Å²) in [6.07, 6.45) is 1.59. The minimum absolute atomic E-state index is 0.0676. The number of rotatable bonds is 5. The first kappa shape index (κ1) is 18.8. The van der Waals surface area contributed by atoms with Crippen molar-refractivity contribution in [3.8, 4) is 0 Å². The minimum Gasteiger partial charge on any atom is -0.444 e. The van der Waals surface area contributed by atoms with Crippen molar-refractivity contribution in [2.75, 3.05) is 13.1 Å². The monoisotopic (exact) mass is 454 g/mol. The molecule has 134 valence electrons. The number of nitrogens with one attached hydrogen (secondary N) is 1. The Labute approximate surface area is 166 Å². The second kappa shape index (κ2) is 8.11. The van der Waals surface area contributed by atoms with E-state index in [0.29, 0.717) is 20.2 Å². The maximum Gasteiger partial charge on any atom is 0.293 e. The van der Waals surface area contributed by atoms with Gasteiger partial charge in [0.1, 0.15) is 0 Å². The first-order valence-corrected chi connectivity index (χ1v) is 9.48. The lowest BCUT2D eigenvalue weighted by molar-refractivity contribution is -0.122. The van der Waals surface area contributed by atoms with Gasteiger partial charge in [0.05, 0.1) is 4.91 Å². The summed E-state index contributed by atoms with van der Waals surface area (Å²) in [5, 5.41) is 2.72. The average Bonchev–Trinajstić information content (AvgIpc) is 3.15. The molecule has 1 aliphatic heterocycles. The molecule has 2 aromatic rings. The van der Waals surface area contributed by atoms with Crippen LogP contribution < -0.4 is 5.32 Å². The summed E-state index contributed by atoms with van der Waals surface area (Å²) in [5.41, 5.74) is 0.663. The summed E-state index contributed by atoms with van der Waals surface area (Å²) in [6, 6.07) is 10.2. The topological polar surface area (TPSA) is 79.6 Å². The fraction of sp³-hybridized carbons (Fsp3) is 0.118. The van der Waals surface area contributed by atoms with E-state index in [1.165, 1.54) is 6.07 Å². The summed E-state index contributed by atoms with van der Waals surface area (Å²) in [6.45, 7) is 0.187. The Morgan fingerprint density at radius 2 is 2.04 bits per heavy atom. The van der Waals surface area contributed by atoms with Crippen molar-refractivity contribution in [3.05, 3.63) is 62.3 Å². The number of hydrogen-bond acceptors (Lipinski definition) is 5. The third-order valence-corrected chi connectivity index (χ3v) is 5.16. The Morgan fingerprint density at radius 3 is 2.73 bits per heavy atom. The molecule has 0 spiro atoms. The summed E-state index contributed by atoms with van der Waals surface area (Å²) in [4.78, 5) is 37.8. The van der Waals surface area contributed by atoms with Crippen molar-refractivity contribution in [2.45, 2.75) is 0 Å². The molecule has 26 heavy (non-hydrogen) atoms. The lowest BCUT2D eigenvalue weighted by Crippen LogP contribution is -2.37. The van der Waals surface area contributed by atoms with Crippen LogP contribution in [-0.4, -0.2) is 35.0 Å². The van der Waals surface area contributed by atoms with Gasteiger partial charge in [0.15, 0.2) is 10.4 Å². The smallest absolute Gasteiger partial charge is 0.293 e. The van der Waals surface area contributed by atoms with Crippen LogP contribution in [0.25, 0.3) is 6.08 Å². The van der Waals surface area contributed by atoms with Gasteiger partial charge in [-0.3, -0.25) is 19.3 Å². The van der Waals surface area contributed by atoms with Crippen molar-refractivity contribution in [3.63, 3.8) is 0 Å². The Hall–Kier alpha value is -2.03. The van der Waals surface area contributed by atoms with Crippen LogP contribution in [0.5, 0.6) is 0 Å². The van der Waals surface area contributed by atoms with Gasteiger partial charge in [0, 0.05) is 18.1 Å². The number of hydrogen-bond donors (Lipinski definition) is 1.